The Morgan fingerprint density at radius 1 is 1.03 bits per heavy atom. The van der Waals surface area contributed by atoms with Crippen LogP contribution in [0, 0.1) is 13.8 Å². The van der Waals surface area contributed by atoms with Gasteiger partial charge in [-0.05, 0) is 37.0 Å². The van der Waals surface area contributed by atoms with Crippen molar-refractivity contribution in [2.75, 3.05) is 6.54 Å². The highest BCUT2D eigenvalue weighted by Crippen LogP contribution is 2.29. The second-order valence-corrected chi connectivity index (χ2v) is 8.31. The van der Waals surface area contributed by atoms with Crippen LogP contribution in [0.1, 0.15) is 44.5 Å². The molecule has 0 bridgehead atoms. The Labute approximate surface area is 178 Å². The van der Waals surface area contributed by atoms with Crippen LogP contribution in [-0.2, 0) is 0 Å². The topological polar surface area (TPSA) is 74.8 Å². The van der Waals surface area contributed by atoms with Crippen LogP contribution in [0.25, 0.3) is 10.2 Å². The number of benzene rings is 2. The lowest BCUT2D eigenvalue weighted by Gasteiger charge is -2.18. The van der Waals surface area contributed by atoms with Crippen LogP contribution < -0.4 is 10.9 Å². The van der Waals surface area contributed by atoms with Crippen molar-refractivity contribution < 1.29 is 4.79 Å². The average Bonchev–Trinajstić information content (AvgIpc) is 3.09. The second kappa shape index (κ2) is 8.63. The van der Waals surface area contributed by atoms with Crippen molar-refractivity contribution in [2.45, 2.75) is 26.2 Å². The van der Waals surface area contributed by atoms with Crippen LogP contribution in [0.5, 0.6) is 0 Å². The molecule has 4 rings (SSSR count). The Kier molecular flexibility index (Phi) is 5.77. The number of amides is 1. The van der Waals surface area contributed by atoms with Gasteiger partial charge in [-0.15, -0.1) is 11.3 Å². The number of H-pyrrole nitrogens is 1. The molecule has 0 aliphatic rings. The zero-order chi connectivity index (χ0) is 21.1. The van der Waals surface area contributed by atoms with Crippen LogP contribution in [0.4, 0.5) is 0 Å². The fourth-order valence-corrected chi connectivity index (χ4v) is 4.92. The van der Waals surface area contributed by atoms with Crippen molar-refractivity contribution in [1.29, 1.82) is 0 Å². The summed E-state index contributed by atoms with van der Waals surface area (Å²) in [5.41, 5.74) is 2.94. The van der Waals surface area contributed by atoms with E-state index in [1.54, 1.807) is 13.8 Å². The van der Waals surface area contributed by atoms with E-state index in [1.165, 1.54) is 22.5 Å². The number of hydrogen-bond donors (Lipinski definition) is 2. The molecule has 5 nitrogen and oxygen atoms in total. The molecule has 0 saturated carbocycles. The standard InChI is InChI=1S/C24H23N3O2S/c1-15-20-22(28)26-16(2)27-24(20)30-21(15)23(29)25-14-13-19(17-9-5-3-6-10-17)18-11-7-4-8-12-18/h3-12,19H,13-14H2,1-2H3,(H,25,29)(H,26,27,28). The van der Waals surface area contributed by atoms with Gasteiger partial charge in [0.2, 0.25) is 0 Å². The van der Waals surface area contributed by atoms with Crippen molar-refractivity contribution in [3.8, 4) is 0 Å². The fraction of sp³-hybridized carbons (Fsp3) is 0.208. The zero-order valence-corrected chi connectivity index (χ0v) is 17.8. The summed E-state index contributed by atoms with van der Waals surface area (Å²) in [6.07, 6.45) is 0.779. The minimum absolute atomic E-state index is 0.160. The van der Waals surface area contributed by atoms with E-state index in [0.29, 0.717) is 33.0 Å². The van der Waals surface area contributed by atoms with Gasteiger partial charge in [0.25, 0.3) is 11.5 Å². The van der Waals surface area contributed by atoms with E-state index in [1.807, 2.05) is 36.4 Å². The molecule has 30 heavy (non-hydrogen) atoms. The van der Waals surface area contributed by atoms with Gasteiger partial charge in [0.05, 0.1) is 10.3 Å². The van der Waals surface area contributed by atoms with E-state index >= 15 is 0 Å². The summed E-state index contributed by atoms with van der Waals surface area (Å²) >= 11 is 1.27. The molecule has 2 aromatic heterocycles. The van der Waals surface area contributed by atoms with E-state index < -0.39 is 0 Å². The largest absolute Gasteiger partial charge is 0.351 e. The smallest absolute Gasteiger partial charge is 0.261 e. The number of hydrogen-bond acceptors (Lipinski definition) is 4. The first-order valence-electron chi connectivity index (χ1n) is 9.92. The minimum atomic E-state index is -0.196. The maximum atomic E-state index is 12.8. The van der Waals surface area contributed by atoms with Gasteiger partial charge in [-0.25, -0.2) is 4.98 Å². The molecule has 2 N–H and O–H groups in total. The van der Waals surface area contributed by atoms with Crippen molar-refractivity contribution >= 4 is 27.5 Å². The molecule has 0 fully saturated rings. The van der Waals surface area contributed by atoms with Gasteiger partial charge in [-0.1, -0.05) is 60.7 Å². The van der Waals surface area contributed by atoms with Crippen molar-refractivity contribution in [3.63, 3.8) is 0 Å². The summed E-state index contributed by atoms with van der Waals surface area (Å²) in [4.78, 5) is 33.3. The minimum Gasteiger partial charge on any atom is -0.351 e. The maximum absolute atomic E-state index is 12.8. The molecule has 2 heterocycles. The summed E-state index contributed by atoms with van der Waals surface area (Å²) < 4.78 is 0. The number of thiophene rings is 1. The van der Waals surface area contributed by atoms with E-state index in [9.17, 15) is 9.59 Å². The predicted octanol–water partition coefficient (Wildman–Crippen LogP) is 4.55. The second-order valence-electron chi connectivity index (χ2n) is 7.31. The normalized spacial score (nSPS) is 11.2. The first-order chi connectivity index (χ1) is 14.5. The number of rotatable bonds is 6. The summed E-state index contributed by atoms with van der Waals surface area (Å²) in [6.45, 7) is 4.07. The fourth-order valence-electron chi connectivity index (χ4n) is 3.77. The van der Waals surface area contributed by atoms with Crippen molar-refractivity contribution in [2.24, 2.45) is 0 Å². The first kappa shape index (κ1) is 20.0. The van der Waals surface area contributed by atoms with E-state index in [0.717, 1.165) is 6.42 Å². The number of carbonyl (C=O) groups is 1. The molecular weight excluding hydrogens is 394 g/mol. The van der Waals surface area contributed by atoms with E-state index in [2.05, 4.69) is 39.6 Å². The number of nitrogens with zero attached hydrogens (tertiary/aromatic N) is 1. The van der Waals surface area contributed by atoms with Gasteiger partial charge in [0.15, 0.2) is 0 Å². The highest BCUT2D eigenvalue weighted by molar-refractivity contribution is 7.20. The third-order valence-corrected chi connectivity index (χ3v) is 6.43. The molecule has 0 radical (unpaired) electrons. The summed E-state index contributed by atoms with van der Waals surface area (Å²) in [6, 6.07) is 20.7. The third-order valence-electron chi connectivity index (χ3n) is 5.25. The van der Waals surface area contributed by atoms with Gasteiger partial charge in [0.1, 0.15) is 10.7 Å². The summed E-state index contributed by atoms with van der Waals surface area (Å²) in [5.74, 6) is 0.588. The lowest BCUT2D eigenvalue weighted by Crippen LogP contribution is -2.25. The Morgan fingerprint density at radius 2 is 1.63 bits per heavy atom. The molecule has 0 saturated heterocycles. The lowest BCUT2D eigenvalue weighted by atomic mass is 9.88. The third kappa shape index (κ3) is 4.04. The Balaban J connectivity index is 1.52. The highest BCUT2D eigenvalue weighted by atomic mass is 32.1. The molecule has 4 aromatic rings. The summed E-state index contributed by atoms with van der Waals surface area (Å²) in [5, 5.41) is 3.54. The number of aryl methyl sites for hydroxylation is 2. The predicted molar refractivity (Wildman–Crippen MR) is 121 cm³/mol. The summed E-state index contributed by atoms with van der Waals surface area (Å²) in [7, 11) is 0. The SMILES string of the molecule is Cc1nc2sc(C(=O)NCCC(c3ccccc3)c3ccccc3)c(C)c2c(=O)[nH]1. The van der Waals surface area contributed by atoms with Gasteiger partial charge < -0.3 is 10.3 Å². The Bertz CT molecular complexity index is 1190. The van der Waals surface area contributed by atoms with Crippen molar-refractivity contribution in [1.82, 2.24) is 15.3 Å². The van der Waals surface area contributed by atoms with Crippen LogP contribution in [0.15, 0.2) is 65.5 Å². The highest BCUT2D eigenvalue weighted by Gasteiger charge is 2.20. The van der Waals surface area contributed by atoms with E-state index in [-0.39, 0.29) is 17.4 Å². The molecular formula is C24H23N3O2S. The molecule has 0 spiro atoms. The van der Waals surface area contributed by atoms with Crippen LogP contribution in [0.3, 0.4) is 0 Å². The molecule has 0 unspecified atom stereocenters. The first-order valence-corrected chi connectivity index (χ1v) is 10.7. The van der Waals surface area contributed by atoms with Crippen LogP contribution >= 0.6 is 11.3 Å². The molecule has 0 aliphatic carbocycles. The molecule has 0 atom stereocenters. The number of carbonyl (C=O) groups excluding carboxylic acids is 1. The number of aromatic nitrogens is 2. The Hall–Kier alpha value is -3.25. The number of nitrogens with one attached hydrogen (secondary N) is 2. The zero-order valence-electron chi connectivity index (χ0n) is 16.9. The monoisotopic (exact) mass is 417 g/mol. The lowest BCUT2D eigenvalue weighted by molar-refractivity contribution is 0.0956. The van der Waals surface area contributed by atoms with Gasteiger partial charge in [-0.2, -0.15) is 0 Å². The number of fused-ring (bicyclic) bond motifs is 1. The van der Waals surface area contributed by atoms with Gasteiger partial charge >= 0.3 is 0 Å². The average molecular weight is 418 g/mol. The van der Waals surface area contributed by atoms with Crippen LogP contribution in [0.2, 0.25) is 0 Å². The van der Waals surface area contributed by atoms with Crippen LogP contribution in [-0.4, -0.2) is 22.4 Å². The quantitative estimate of drug-likeness (QED) is 0.483. The molecule has 2 aromatic carbocycles. The Morgan fingerprint density at radius 3 is 2.23 bits per heavy atom. The maximum Gasteiger partial charge on any atom is 0.261 e. The molecule has 152 valence electrons. The number of aromatic amines is 1. The van der Waals surface area contributed by atoms with Gasteiger partial charge in [0, 0.05) is 12.5 Å². The van der Waals surface area contributed by atoms with Gasteiger partial charge in [-0.3, -0.25) is 9.59 Å². The van der Waals surface area contributed by atoms with Crippen molar-refractivity contribution in [3.05, 3.63) is 98.4 Å². The molecule has 1 amide bonds. The van der Waals surface area contributed by atoms with E-state index in [4.69, 9.17) is 0 Å². The molecule has 0 aliphatic heterocycles. The molecule has 6 heteroatoms.